The molecule has 2 nitrogen and oxygen atoms in total. The van der Waals surface area contributed by atoms with Crippen molar-refractivity contribution < 1.29 is 25.8 Å². The average Bonchev–Trinajstić information content (AvgIpc) is 3.03. The summed E-state index contributed by atoms with van der Waals surface area (Å²) >= 11 is 0. The van der Waals surface area contributed by atoms with E-state index in [0.717, 1.165) is 39.3 Å². The Morgan fingerprint density at radius 2 is 0.911 bits per heavy atom. The number of nitrogens with zero attached hydrogens (tertiary/aromatic N) is 2. The third-order valence-electron chi connectivity index (χ3n) is 6.44. The summed E-state index contributed by atoms with van der Waals surface area (Å²) in [4.78, 5) is 4.74. The van der Waals surface area contributed by atoms with Gasteiger partial charge in [-0.25, -0.2) is 0 Å². The van der Waals surface area contributed by atoms with Crippen molar-refractivity contribution in [3.63, 3.8) is 0 Å². The maximum absolute atomic E-state index is 4.79. The molecule has 0 atom stereocenters. The van der Waals surface area contributed by atoms with Crippen LogP contribution in [-0.4, -0.2) is 4.98 Å². The number of benzene rings is 5. The Kier molecular flexibility index (Phi) is 16.7. The zero-order valence-electron chi connectivity index (χ0n) is 26.7. The molecule has 1 heterocycles. The van der Waals surface area contributed by atoms with E-state index >= 15 is 0 Å². The molecule has 6 rings (SSSR count). The molecule has 0 N–H and O–H groups in total. The molecule has 0 radical (unpaired) electrons. The molecule has 0 spiro atoms. The van der Waals surface area contributed by atoms with Crippen LogP contribution in [0.5, 0.6) is 0 Å². The summed E-state index contributed by atoms with van der Waals surface area (Å²) in [6, 6.07) is 50.4. The van der Waals surface area contributed by atoms with Crippen molar-refractivity contribution in [2.45, 2.75) is 27.3 Å². The summed E-state index contributed by atoms with van der Waals surface area (Å²) in [5.41, 5.74) is 11.2. The minimum Gasteiger partial charge on any atom is -0.679 e. The number of aryl methyl sites for hydroxylation is 3. The van der Waals surface area contributed by atoms with E-state index in [-0.39, 0.29) is 25.8 Å². The Bertz CT molecular complexity index is 1520. The zero-order valence-corrected chi connectivity index (χ0v) is 30.2. The second-order valence-electron chi connectivity index (χ2n) is 10.4. The van der Waals surface area contributed by atoms with Gasteiger partial charge in [0.25, 0.3) is 0 Å². The van der Waals surface area contributed by atoms with Crippen LogP contribution >= 0.6 is 0 Å². The van der Waals surface area contributed by atoms with Crippen LogP contribution in [-0.2, 0) is 32.4 Å². The Hall–Kier alpha value is -4.47. The van der Waals surface area contributed by atoms with Gasteiger partial charge in [0, 0.05) is 11.3 Å². The normalized spacial score (nSPS) is 9.40. The van der Waals surface area contributed by atoms with E-state index in [0.29, 0.717) is 6.54 Å². The van der Waals surface area contributed by atoms with E-state index in [1.165, 1.54) is 16.7 Å². The average molecular weight is 753 g/mol. The van der Waals surface area contributed by atoms with Gasteiger partial charge in [-0.05, 0) is 32.9 Å². The SMILES string of the molecule is Cc1cc(C)c([N-]Cc2cccc(-c3ccccc3)n2)c(C)c1.[CH2-]c1ccccc1.[CH2-]c1ccccc1.[CH2-]c1ccccc1.[Hf+4]. The van der Waals surface area contributed by atoms with E-state index in [9.17, 15) is 0 Å². The second kappa shape index (κ2) is 20.5. The van der Waals surface area contributed by atoms with E-state index in [1.807, 2.05) is 121 Å². The summed E-state index contributed by atoms with van der Waals surface area (Å²) in [5, 5.41) is 4.79. The third kappa shape index (κ3) is 14.2. The molecule has 0 saturated heterocycles. The smallest absolute Gasteiger partial charge is 0.679 e. The molecule has 0 bridgehead atoms. The third-order valence-corrected chi connectivity index (χ3v) is 6.44. The van der Waals surface area contributed by atoms with Crippen LogP contribution < -0.4 is 0 Å². The number of hydrogen-bond acceptors (Lipinski definition) is 1. The quantitative estimate of drug-likeness (QED) is 0.130. The van der Waals surface area contributed by atoms with Crippen LogP contribution in [0.2, 0.25) is 0 Å². The fourth-order valence-corrected chi connectivity index (χ4v) is 4.35. The minimum absolute atomic E-state index is 0. The largest absolute Gasteiger partial charge is 4.00 e. The van der Waals surface area contributed by atoms with E-state index < -0.39 is 0 Å². The molecule has 5 aromatic carbocycles. The number of pyridine rings is 1. The Morgan fingerprint density at radius 1 is 0.511 bits per heavy atom. The number of aromatic nitrogens is 1. The summed E-state index contributed by atoms with van der Waals surface area (Å²) in [7, 11) is 0. The first kappa shape index (κ1) is 36.7. The minimum atomic E-state index is 0. The summed E-state index contributed by atoms with van der Waals surface area (Å²) in [5.74, 6) is 0. The molecule has 0 unspecified atom stereocenters. The Labute approximate surface area is 290 Å². The fraction of sp³-hybridized carbons (Fsp3) is 0.0952. The van der Waals surface area contributed by atoms with E-state index in [4.69, 9.17) is 10.3 Å². The van der Waals surface area contributed by atoms with Crippen molar-refractivity contribution in [3.05, 3.63) is 217 Å². The van der Waals surface area contributed by atoms with Crippen LogP contribution in [0.4, 0.5) is 5.69 Å². The maximum atomic E-state index is 4.79. The topological polar surface area (TPSA) is 27.0 Å². The van der Waals surface area contributed by atoms with Crippen molar-refractivity contribution in [2.75, 3.05) is 0 Å². The van der Waals surface area contributed by atoms with E-state index in [1.54, 1.807) is 0 Å². The Balaban J connectivity index is 0.000000259. The van der Waals surface area contributed by atoms with E-state index in [2.05, 4.69) is 71.9 Å². The first-order chi connectivity index (χ1) is 21.3. The first-order valence-corrected chi connectivity index (χ1v) is 14.7. The van der Waals surface area contributed by atoms with Crippen LogP contribution in [0.3, 0.4) is 0 Å². The van der Waals surface area contributed by atoms with Gasteiger partial charge in [0.15, 0.2) is 0 Å². The molecule has 45 heavy (non-hydrogen) atoms. The van der Waals surface area contributed by atoms with Gasteiger partial charge in [-0.1, -0.05) is 90.0 Å². The molecule has 0 fully saturated rings. The van der Waals surface area contributed by atoms with Gasteiger partial charge in [-0.15, -0.1) is 42.1 Å². The van der Waals surface area contributed by atoms with Crippen molar-refractivity contribution in [2.24, 2.45) is 0 Å². The monoisotopic (exact) mass is 754 g/mol. The van der Waals surface area contributed by atoms with Gasteiger partial charge in [0.1, 0.15) is 0 Å². The molecule has 224 valence electrons. The van der Waals surface area contributed by atoms with Crippen molar-refractivity contribution in [3.8, 4) is 11.3 Å². The summed E-state index contributed by atoms with van der Waals surface area (Å²) in [6.07, 6.45) is 0. The maximum Gasteiger partial charge on any atom is 4.00 e. The van der Waals surface area contributed by atoms with Crippen LogP contribution in [0.15, 0.2) is 152 Å². The molecule has 1 aromatic heterocycles. The van der Waals surface area contributed by atoms with Crippen LogP contribution in [0, 0.1) is 41.5 Å². The van der Waals surface area contributed by atoms with Gasteiger partial charge < -0.3 is 5.32 Å². The molecule has 3 heteroatoms. The second-order valence-corrected chi connectivity index (χ2v) is 10.4. The van der Waals surface area contributed by atoms with Gasteiger partial charge >= 0.3 is 25.8 Å². The van der Waals surface area contributed by atoms with Crippen LogP contribution in [0.1, 0.15) is 39.1 Å². The fourth-order valence-electron chi connectivity index (χ4n) is 4.35. The molecular formula is C42H42HfN2. The number of rotatable bonds is 4. The molecule has 0 saturated carbocycles. The molecule has 0 aliphatic rings. The predicted octanol–water partition coefficient (Wildman–Crippen LogP) is 11.5. The predicted molar refractivity (Wildman–Crippen MR) is 190 cm³/mol. The molecule has 0 aliphatic heterocycles. The van der Waals surface area contributed by atoms with Crippen molar-refractivity contribution in [1.82, 2.24) is 4.98 Å². The van der Waals surface area contributed by atoms with Gasteiger partial charge in [0.05, 0.1) is 5.69 Å². The summed E-state index contributed by atoms with van der Waals surface area (Å²) in [6.45, 7) is 18.1. The molecule has 0 aliphatic carbocycles. The number of hydrogen-bond donors (Lipinski definition) is 0. The molecule has 0 amide bonds. The standard InChI is InChI=1S/C21H21N2.3C7H7.Hf/c1-15-12-16(2)21(17(3)13-15)22-14-19-10-7-11-20(23-19)18-8-5-4-6-9-18;3*1-7-5-3-2-4-6-7;/h4-13H,14H2,1-3H3;3*2-6H,1H2;/q4*-1;+4. The zero-order chi connectivity index (χ0) is 31.6. The van der Waals surface area contributed by atoms with Crippen molar-refractivity contribution in [1.29, 1.82) is 0 Å². The first-order valence-electron chi connectivity index (χ1n) is 14.7. The van der Waals surface area contributed by atoms with Crippen LogP contribution in [0.25, 0.3) is 16.6 Å². The van der Waals surface area contributed by atoms with Crippen molar-refractivity contribution >= 4 is 5.69 Å². The van der Waals surface area contributed by atoms with Gasteiger partial charge in [-0.2, -0.15) is 73.9 Å². The molecular weight excluding hydrogens is 711 g/mol. The van der Waals surface area contributed by atoms with Gasteiger partial charge in [-0.3, -0.25) is 4.98 Å². The summed E-state index contributed by atoms with van der Waals surface area (Å²) < 4.78 is 0. The molecule has 6 aromatic rings. The van der Waals surface area contributed by atoms with Gasteiger partial charge in [0.2, 0.25) is 0 Å². The Morgan fingerprint density at radius 3 is 1.29 bits per heavy atom.